The van der Waals surface area contributed by atoms with Crippen LogP contribution in [0.25, 0.3) is 0 Å². The van der Waals surface area contributed by atoms with Gasteiger partial charge >= 0.3 is 6.72 Å². The van der Waals surface area contributed by atoms with Crippen molar-refractivity contribution in [1.82, 2.24) is 0 Å². The first-order valence-corrected chi connectivity index (χ1v) is 8.22. The van der Waals surface area contributed by atoms with Crippen LogP contribution < -0.4 is 4.52 Å². The van der Waals surface area contributed by atoms with E-state index >= 15 is 0 Å². The molecular formula is C12H19O3PS. The summed E-state index contributed by atoms with van der Waals surface area (Å²) in [6.07, 6.45) is 0. The first kappa shape index (κ1) is 14.7. The summed E-state index contributed by atoms with van der Waals surface area (Å²) in [6.45, 7) is 5.09. The van der Waals surface area contributed by atoms with Gasteiger partial charge < -0.3 is 9.42 Å². The molecule has 1 unspecified atom stereocenters. The van der Waals surface area contributed by atoms with Gasteiger partial charge in [0.25, 0.3) is 0 Å². The highest BCUT2D eigenvalue weighted by atomic mass is 32.5. The minimum Gasteiger partial charge on any atom is -0.424 e. The van der Waals surface area contributed by atoms with Crippen LogP contribution in [0.4, 0.5) is 0 Å². The van der Waals surface area contributed by atoms with E-state index in [-0.39, 0.29) is 0 Å². The van der Waals surface area contributed by atoms with Crippen LogP contribution in [-0.4, -0.2) is 11.5 Å². The van der Waals surface area contributed by atoms with E-state index in [0.29, 0.717) is 18.3 Å². The SMILES string of the molecule is CCOP(O)(=S)Oc1cc(C(C)C)ccc1C. The van der Waals surface area contributed by atoms with Gasteiger partial charge in [-0.2, -0.15) is 0 Å². The minimum absolute atomic E-state index is 0.344. The van der Waals surface area contributed by atoms with E-state index in [4.69, 9.17) is 20.9 Å². The molecule has 0 radical (unpaired) electrons. The molecule has 3 nitrogen and oxygen atoms in total. The van der Waals surface area contributed by atoms with E-state index in [0.717, 1.165) is 11.1 Å². The Labute approximate surface area is 108 Å². The Morgan fingerprint density at radius 2 is 2.06 bits per heavy atom. The van der Waals surface area contributed by atoms with E-state index in [1.54, 1.807) is 6.92 Å². The van der Waals surface area contributed by atoms with Gasteiger partial charge in [0.05, 0.1) is 6.61 Å². The molecule has 0 saturated carbocycles. The molecule has 0 aliphatic carbocycles. The summed E-state index contributed by atoms with van der Waals surface area (Å²) in [5.74, 6) is 1.01. The molecule has 17 heavy (non-hydrogen) atoms. The molecule has 0 aromatic heterocycles. The highest BCUT2D eigenvalue weighted by molar-refractivity contribution is 8.07. The summed E-state index contributed by atoms with van der Waals surface area (Å²) in [5, 5.41) is 0. The maximum atomic E-state index is 9.80. The number of aryl methyl sites for hydroxylation is 1. The normalized spacial score (nSPS) is 14.7. The topological polar surface area (TPSA) is 38.7 Å². The lowest BCUT2D eigenvalue weighted by Gasteiger charge is -2.18. The lowest BCUT2D eigenvalue weighted by atomic mass is 10.0. The van der Waals surface area contributed by atoms with Crippen LogP contribution in [0.5, 0.6) is 5.75 Å². The Hall–Kier alpha value is -0.410. The van der Waals surface area contributed by atoms with Crippen molar-refractivity contribution < 1.29 is 13.9 Å². The van der Waals surface area contributed by atoms with Crippen molar-refractivity contribution in [2.45, 2.75) is 33.6 Å². The Morgan fingerprint density at radius 3 is 2.59 bits per heavy atom. The van der Waals surface area contributed by atoms with Crippen molar-refractivity contribution in [3.05, 3.63) is 29.3 Å². The van der Waals surface area contributed by atoms with Crippen LogP contribution in [0.1, 0.15) is 37.8 Å². The third-order valence-corrected chi connectivity index (χ3v) is 3.94. The fourth-order valence-electron chi connectivity index (χ4n) is 1.39. The maximum absolute atomic E-state index is 9.80. The van der Waals surface area contributed by atoms with Gasteiger partial charge in [-0.3, -0.25) is 4.52 Å². The van der Waals surface area contributed by atoms with Gasteiger partial charge in [-0.1, -0.05) is 26.0 Å². The van der Waals surface area contributed by atoms with Crippen molar-refractivity contribution >= 4 is 18.5 Å². The zero-order chi connectivity index (χ0) is 13.1. The van der Waals surface area contributed by atoms with Crippen molar-refractivity contribution in [2.24, 2.45) is 0 Å². The Kier molecular flexibility index (Phi) is 5.14. The molecule has 1 aromatic rings. The molecule has 0 amide bonds. The average Bonchev–Trinajstić information content (AvgIpc) is 2.20. The molecule has 0 spiro atoms. The molecule has 1 aromatic carbocycles. The molecule has 1 rings (SSSR count). The van der Waals surface area contributed by atoms with Gasteiger partial charge in [0.15, 0.2) is 0 Å². The Bertz CT molecular complexity index is 432. The van der Waals surface area contributed by atoms with E-state index in [1.165, 1.54) is 0 Å². The highest BCUT2D eigenvalue weighted by Crippen LogP contribution is 2.45. The molecule has 0 saturated heterocycles. The van der Waals surface area contributed by atoms with Crippen molar-refractivity contribution in [3.8, 4) is 5.75 Å². The molecule has 0 aliphatic heterocycles. The minimum atomic E-state index is -3.16. The van der Waals surface area contributed by atoms with Crippen LogP contribution in [-0.2, 0) is 16.3 Å². The van der Waals surface area contributed by atoms with Crippen LogP contribution in [0, 0.1) is 6.92 Å². The maximum Gasteiger partial charge on any atom is 0.377 e. The number of rotatable bonds is 5. The number of hydrogen-bond donors (Lipinski definition) is 1. The fourth-order valence-corrected chi connectivity index (χ4v) is 2.77. The smallest absolute Gasteiger partial charge is 0.377 e. The van der Waals surface area contributed by atoms with E-state index in [1.807, 2.05) is 19.1 Å². The summed E-state index contributed by atoms with van der Waals surface area (Å²) in [6, 6.07) is 5.93. The second-order valence-corrected chi connectivity index (χ2v) is 6.92. The monoisotopic (exact) mass is 274 g/mol. The van der Waals surface area contributed by atoms with Gasteiger partial charge in [-0.25, -0.2) is 0 Å². The molecule has 1 N–H and O–H groups in total. The second-order valence-electron chi connectivity index (χ2n) is 4.16. The van der Waals surface area contributed by atoms with Crippen LogP contribution in [0.2, 0.25) is 0 Å². The van der Waals surface area contributed by atoms with Crippen LogP contribution >= 0.6 is 6.72 Å². The molecule has 1 atom stereocenters. The summed E-state index contributed by atoms with van der Waals surface area (Å²) < 4.78 is 10.5. The van der Waals surface area contributed by atoms with E-state index < -0.39 is 6.72 Å². The first-order valence-electron chi connectivity index (χ1n) is 5.63. The summed E-state index contributed by atoms with van der Waals surface area (Å²) in [4.78, 5) is 9.80. The van der Waals surface area contributed by atoms with Crippen molar-refractivity contribution in [3.63, 3.8) is 0 Å². The van der Waals surface area contributed by atoms with Gasteiger partial charge in [0.1, 0.15) is 5.75 Å². The van der Waals surface area contributed by atoms with E-state index in [9.17, 15) is 4.89 Å². The Morgan fingerprint density at radius 1 is 1.41 bits per heavy atom. The third kappa shape index (κ3) is 4.40. The summed E-state index contributed by atoms with van der Waals surface area (Å²) in [5.41, 5.74) is 2.09. The predicted molar refractivity (Wildman–Crippen MR) is 74.0 cm³/mol. The first-order chi connectivity index (χ1) is 7.85. The molecule has 0 aliphatic rings. The van der Waals surface area contributed by atoms with Crippen molar-refractivity contribution in [1.29, 1.82) is 0 Å². The standard InChI is InChI=1S/C12H19O3PS/c1-5-14-16(13,17)15-12-8-11(9(2)3)7-6-10(12)4/h6-9H,5H2,1-4H3,(H,13,17). The second kappa shape index (κ2) is 5.96. The molecule has 0 bridgehead atoms. The zero-order valence-corrected chi connectivity index (χ0v) is 12.3. The summed E-state index contributed by atoms with van der Waals surface area (Å²) in [7, 11) is 0. The molecule has 5 heteroatoms. The van der Waals surface area contributed by atoms with Crippen LogP contribution in [0.15, 0.2) is 18.2 Å². The lowest BCUT2D eigenvalue weighted by molar-refractivity contribution is 0.270. The average molecular weight is 274 g/mol. The zero-order valence-electron chi connectivity index (χ0n) is 10.6. The van der Waals surface area contributed by atoms with Gasteiger partial charge in [-0.15, -0.1) is 0 Å². The fraction of sp³-hybridized carbons (Fsp3) is 0.500. The molecular weight excluding hydrogens is 255 g/mol. The molecule has 96 valence electrons. The van der Waals surface area contributed by atoms with Gasteiger partial charge in [0.2, 0.25) is 0 Å². The molecule has 0 fully saturated rings. The molecule has 0 heterocycles. The van der Waals surface area contributed by atoms with Crippen molar-refractivity contribution in [2.75, 3.05) is 6.61 Å². The largest absolute Gasteiger partial charge is 0.424 e. The third-order valence-electron chi connectivity index (χ3n) is 2.38. The number of benzene rings is 1. The lowest BCUT2D eigenvalue weighted by Crippen LogP contribution is -1.99. The highest BCUT2D eigenvalue weighted by Gasteiger charge is 2.17. The number of hydrogen-bond acceptors (Lipinski definition) is 3. The summed E-state index contributed by atoms with van der Waals surface area (Å²) >= 11 is 4.92. The van der Waals surface area contributed by atoms with Gasteiger partial charge in [-0.05, 0) is 37.0 Å². The quantitative estimate of drug-likeness (QED) is 0.830. The van der Waals surface area contributed by atoms with E-state index in [2.05, 4.69) is 19.9 Å². The Balaban J connectivity index is 2.97. The van der Waals surface area contributed by atoms with Gasteiger partial charge in [0, 0.05) is 11.8 Å². The van der Waals surface area contributed by atoms with Crippen LogP contribution in [0.3, 0.4) is 0 Å². The predicted octanol–water partition coefficient (Wildman–Crippen LogP) is 3.75.